The lowest BCUT2D eigenvalue weighted by Crippen LogP contribution is -2.39. The highest BCUT2D eigenvalue weighted by atomic mass is 127. The third kappa shape index (κ3) is 7.83. The number of likely N-dealkylation sites (tertiary alicyclic amines) is 1. The molecule has 1 aliphatic heterocycles. The van der Waals surface area contributed by atoms with Crippen molar-refractivity contribution in [3.63, 3.8) is 0 Å². The van der Waals surface area contributed by atoms with Crippen molar-refractivity contribution < 1.29 is 14.3 Å². The molecular formula is C20H33IN4O3. The highest BCUT2D eigenvalue weighted by Crippen LogP contribution is 2.27. The van der Waals surface area contributed by atoms with Crippen molar-refractivity contribution in [1.29, 1.82) is 0 Å². The van der Waals surface area contributed by atoms with Gasteiger partial charge in [-0.15, -0.1) is 24.0 Å². The van der Waals surface area contributed by atoms with E-state index in [1.807, 2.05) is 19.1 Å². The molecule has 1 unspecified atom stereocenters. The first-order valence-electron chi connectivity index (χ1n) is 9.65. The summed E-state index contributed by atoms with van der Waals surface area (Å²) < 4.78 is 10.1. The summed E-state index contributed by atoms with van der Waals surface area (Å²) in [7, 11) is 3.09. The predicted octanol–water partition coefficient (Wildman–Crippen LogP) is 2.57. The van der Waals surface area contributed by atoms with Crippen molar-refractivity contribution in [2.75, 3.05) is 46.9 Å². The van der Waals surface area contributed by atoms with Crippen LogP contribution in [0, 0.1) is 0 Å². The fourth-order valence-electron chi connectivity index (χ4n) is 3.24. The van der Waals surface area contributed by atoms with Crippen molar-refractivity contribution in [3.8, 4) is 5.75 Å². The maximum atomic E-state index is 11.3. The van der Waals surface area contributed by atoms with Crippen molar-refractivity contribution in [2.45, 2.75) is 32.2 Å². The van der Waals surface area contributed by atoms with E-state index in [0.29, 0.717) is 25.5 Å². The van der Waals surface area contributed by atoms with E-state index in [1.165, 1.54) is 25.5 Å². The summed E-state index contributed by atoms with van der Waals surface area (Å²) in [4.78, 5) is 18.6. The molecule has 1 fully saturated rings. The first-order chi connectivity index (χ1) is 13.2. The van der Waals surface area contributed by atoms with Gasteiger partial charge in [-0.3, -0.25) is 14.7 Å². The number of nitrogens with one attached hydrogen (secondary N) is 2. The van der Waals surface area contributed by atoms with Crippen LogP contribution in [0.1, 0.15) is 37.8 Å². The Morgan fingerprint density at radius 1 is 1.25 bits per heavy atom. The van der Waals surface area contributed by atoms with Crippen LogP contribution in [-0.2, 0) is 9.53 Å². The van der Waals surface area contributed by atoms with Crippen LogP contribution in [0.15, 0.2) is 29.3 Å². The number of halogens is 1. The molecule has 0 spiro atoms. The predicted molar refractivity (Wildman–Crippen MR) is 123 cm³/mol. The molecule has 1 aromatic carbocycles. The fraction of sp³-hybridized carbons (Fsp3) is 0.600. The van der Waals surface area contributed by atoms with Crippen LogP contribution in [-0.4, -0.2) is 63.8 Å². The van der Waals surface area contributed by atoms with Gasteiger partial charge in [0.2, 0.25) is 0 Å². The first-order valence-corrected chi connectivity index (χ1v) is 9.65. The summed E-state index contributed by atoms with van der Waals surface area (Å²) in [5.41, 5.74) is 1.21. The second-order valence-corrected chi connectivity index (χ2v) is 6.51. The van der Waals surface area contributed by atoms with E-state index in [0.717, 1.165) is 25.4 Å². The van der Waals surface area contributed by atoms with Gasteiger partial charge in [0.25, 0.3) is 0 Å². The molecule has 1 saturated heterocycles. The molecule has 0 aromatic heterocycles. The maximum absolute atomic E-state index is 11.3. The molecule has 1 heterocycles. The number of esters is 1. The minimum Gasteiger partial charge on any atom is -0.497 e. The van der Waals surface area contributed by atoms with Crippen LogP contribution in [0.25, 0.3) is 0 Å². The molecule has 0 radical (unpaired) electrons. The average molecular weight is 504 g/mol. The average Bonchev–Trinajstić information content (AvgIpc) is 3.22. The Hall–Kier alpha value is -1.55. The zero-order chi connectivity index (χ0) is 19.5. The lowest BCUT2D eigenvalue weighted by atomic mass is 10.1. The largest absolute Gasteiger partial charge is 0.497 e. The number of hydrogen-bond donors (Lipinski definition) is 2. The third-order valence-corrected chi connectivity index (χ3v) is 4.68. The molecule has 2 N–H and O–H groups in total. The summed E-state index contributed by atoms with van der Waals surface area (Å²) in [6.45, 7) is 6.09. The minimum absolute atomic E-state index is 0. The van der Waals surface area contributed by atoms with Crippen molar-refractivity contribution in [3.05, 3.63) is 29.8 Å². The van der Waals surface area contributed by atoms with Crippen LogP contribution >= 0.6 is 24.0 Å². The summed E-state index contributed by atoms with van der Waals surface area (Å²) in [5.74, 6) is 1.35. The normalized spacial score (nSPS) is 15.5. The zero-order valence-electron chi connectivity index (χ0n) is 17.1. The molecule has 0 bridgehead atoms. The standard InChI is InChI=1S/C20H32N4O3.HI/c1-4-21-20(22-11-10-19(25)27-3)23-15-18(24-12-5-6-13-24)16-8-7-9-17(14-16)26-2;/h7-9,14,18H,4-6,10-13,15H2,1-3H3,(H2,21,22,23);1H. The zero-order valence-corrected chi connectivity index (χ0v) is 19.4. The van der Waals surface area contributed by atoms with E-state index < -0.39 is 0 Å². The van der Waals surface area contributed by atoms with Gasteiger partial charge >= 0.3 is 5.97 Å². The number of aliphatic imine (C=N–C) groups is 1. The molecule has 158 valence electrons. The molecule has 0 aliphatic carbocycles. The van der Waals surface area contributed by atoms with Gasteiger partial charge < -0.3 is 20.1 Å². The number of carbonyl (C=O) groups excluding carboxylic acids is 1. The van der Waals surface area contributed by atoms with Crippen LogP contribution in [0.3, 0.4) is 0 Å². The van der Waals surface area contributed by atoms with Gasteiger partial charge in [0.05, 0.1) is 33.2 Å². The van der Waals surface area contributed by atoms with Crippen LogP contribution < -0.4 is 15.4 Å². The topological polar surface area (TPSA) is 75.2 Å². The molecular weight excluding hydrogens is 471 g/mol. The van der Waals surface area contributed by atoms with E-state index in [1.54, 1.807) is 7.11 Å². The first kappa shape index (κ1) is 24.5. The number of guanidine groups is 1. The maximum Gasteiger partial charge on any atom is 0.307 e. The molecule has 8 heteroatoms. The number of carbonyl (C=O) groups is 1. The summed E-state index contributed by atoms with van der Waals surface area (Å²) in [6.07, 6.45) is 2.76. The number of hydrogen-bond acceptors (Lipinski definition) is 5. The van der Waals surface area contributed by atoms with Gasteiger partial charge in [-0.25, -0.2) is 0 Å². The number of benzene rings is 1. The van der Waals surface area contributed by atoms with Crippen molar-refractivity contribution >= 4 is 35.9 Å². The van der Waals surface area contributed by atoms with Gasteiger partial charge in [0.1, 0.15) is 5.75 Å². The molecule has 2 rings (SSSR count). The molecule has 1 aromatic rings. The number of rotatable bonds is 9. The smallest absolute Gasteiger partial charge is 0.307 e. The molecule has 0 saturated carbocycles. The fourth-order valence-corrected chi connectivity index (χ4v) is 3.24. The van der Waals surface area contributed by atoms with Gasteiger partial charge in [-0.1, -0.05) is 12.1 Å². The summed E-state index contributed by atoms with van der Waals surface area (Å²) in [5, 5.41) is 6.44. The van der Waals surface area contributed by atoms with Gasteiger partial charge in [0, 0.05) is 13.1 Å². The van der Waals surface area contributed by atoms with Crippen molar-refractivity contribution in [2.24, 2.45) is 4.99 Å². The van der Waals surface area contributed by atoms with E-state index in [2.05, 4.69) is 32.4 Å². The molecule has 0 amide bonds. The highest BCUT2D eigenvalue weighted by Gasteiger charge is 2.23. The molecule has 1 atom stereocenters. The van der Waals surface area contributed by atoms with E-state index >= 15 is 0 Å². The van der Waals surface area contributed by atoms with Gasteiger partial charge in [-0.05, 0) is 50.6 Å². The van der Waals surface area contributed by atoms with Gasteiger partial charge in [-0.2, -0.15) is 0 Å². The van der Waals surface area contributed by atoms with Crippen molar-refractivity contribution in [1.82, 2.24) is 15.5 Å². The number of nitrogens with zero attached hydrogens (tertiary/aromatic N) is 2. The SMILES string of the molecule is CCNC(=NCC(c1cccc(OC)c1)N1CCCC1)NCCC(=O)OC.I. The lowest BCUT2D eigenvalue weighted by molar-refractivity contribution is -0.140. The van der Waals surface area contributed by atoms with Gasteiger partial charge in [0.15, 0.2) is 5.96 Å². The van der Waals surface area contributed by atoms with Crippen LogP contribution in [0.5, 0.6) is 5.75 Å². The van der Waals surface area contributed by atoms with E-state index in [4.69, 9.17) is 9.73 Å². The van der Waals surface area contributed by atoms with Crippen LogP contribution in [0.2, 0.25) is 0 Å². The Morgan fingerprint density at radius 3 is 2.64 bits per heavy atom. The third-order valence-electron chi connectivity index (χ3n) is 4.68. The molecule has 28 heavy (non-hydrogen) atoms. The molecule has 1 aliphatic rings. The Morgan fingerprint density at radius 2 is 2.00 bits per heavy atom. The monoisotopic (exact) mass is 504 g/mol. The Balaban J connectivity index is 0.00000392. The highest BCUT2D eigenvalue weighted by molar-refractivity contribution is 14.0. The Kier molecular flexibility index (Phi) is 11.9. The second kappa shape index (κ2) is 13.6. The quantitative estimate of drug-likeness (QED) is 0.233. The number of ether oxygens (including phenoxy) is 2. The Bertz CT molecular complexity index is 621. The summed E-state index contributed by atoms with van der Waals surface area (Å²) >= 11 is 0. The lowest BCUT2D eigenvalue weighted by Gasteiger charge is -2.27. The summed E-state index contributed by atoms with van der Waals surface area (Å²) in [6, 6.07) is 8.43. The van der Waals surface area contributed by atoms with E-state index in [-0.39, 0.29) is 36.0 Å². The minimum atomic E-state index is -0.232. The molecule has 7 nitrogen and oxygen atoms in total. The second-order valence-electron chi connectivity index (χ2n) is 6.51. The number of methoxy groups -OCH3 is 2. The Labute approximate surface area is 185 Å². The van der Waals surface area contributed by atoms with Crippen LogP contribution in [0.4, 0.5) is 0 Å². The van der Waals surface area contributed by atoms with E-state index in [9.17, 15) is 4.79 Å².